The van der Waals surface area contributed by atoms with E-state index >= 15 is 0 Å². The normalized spacial score (nSPS) is 12.5. The largest absolute Gasteiger partial charge is 0.336 e. The molecule has 0 aliphatic heterocycles. The van der Waals surface area contributed by atoms with E-state index in [1.165, 1.54) is 0 Å². The number of aromatic nitrogens is 3. The maximum atomic E-state index is 12.6. The average Bonchev–Trinajstić information content (AvgIpc) is 2.69. The number of hydrogen-bond acceptors (Lipinski definition) is 12. The third-order valence-electron chi connectivity index (χ3n) is 3.53. The Morgan fingerprint density at radius 2 is 0.938 bits per heavy atom. The minimum atomic E-state index is -4.12. The fraction of sp³-hybridized carbons (Fsp3) is 0.500. The summed E-state index contributed by atoms with van der Waals surface area (Å²) in [6.45, 7) is 2.22. The molecule has 0 atom stereocenters. The molecule has 0 unspecified atom stereocenters. The lowest BCUT2D eigenvalue weighted by molar-refractivity contribution is 0.267. The molecule has 0 N–H and O–H groups in total. The smallest absolute Gasteiger partial charge is 0.268 e. The third kappa shape index (κ3) is 8.28. The Morgan fingerprint density at radius 3 is 1.19 bits per heavy atom. The van der Waals surface area contributed by atoms with Gasteiger partial charge in [-0.1, -0.05) is 13.2 Å². The van der Waals surface area contributed by atoms with E-state index < -0.39 is 86.9 Å². The van der Waals surface area contributed by atoms with Gasteiger partial charge in [0, 0.05) is 0 Å². The zero-order valence-corrected chi connectivity index (χ0v) is 19.2. The van der Waals surface area contributed by atoms with Gasteiger partial charge in [-0.15, -0.1) is 0 Å². The highest BCUT2D eigenvalue weighted by Crippen LogP contribution is 1.95. The first-order chi connectivity index (χ1) is 14.6. The quantitative estimate of drug-likeness (QED) is 0.228. The van der Waals surface area contributed by atoms with Gasteiger partial charge in [-0.3, -0.25) is 12.5 Å². The van der Waals surface area contributed by atoms with Gasteiger partial charge in [0.05, 0.1) is 56.5 Å². The van der Waals surface area contributed by atoms with E-state index in [4.69, 9.17) is 0 Å². The molecule has 15 nitrogen and oxygen atoms in total. The van der Waals surface area contributed by atoms with E-state index in [0.717, 1.165) is 6.26 Å². The predicted octanol–water partition coefficient (Wildman–Crippen LogP) is -2.87. The van der Waals surface area contributed by atoms with Crippen molar-refractivity contribution in [3.05, 3.63) is 55.4 Å². The van der Waals surface area contributed by atoms with E-state index in [1.807, 2.05) is 0 Å². The second-order valence-corrected chi connectivity index (χ2v) is 10.5. The van der Waals surface area contributed by atoms with Crippen molar-refractivity contribution in [2.75, 3.05) is 26.1 Å². The van der Waals surface area contributed by atoms with Crippen LogP contribution in [-0.4, -0.2) is 65.0 Å². The van der Waals surface area contributed by atoms with Crippen molar-refractivity contribution in [2.24, 2.45) is 0 Å². The summed E-state index contributed by atoms with van der Waals surface area (Å²) in [5.41, 5.74) is -3.61. The van der Waals surface area contributed by atoms with Crippen LogP contribution in [0.25, 0.3) is 0 Å². The standard InChI is InChI=1S/C14H21N3O12S3/c1-4-31(23,24)28-10-7-16-12(18)15(6-9-27-30(3,21)22)13(19)17(14(16)20)8-11-29-32(25,26)5-2/h4-5H,1-2,6-11H2,3H3. The first kappa shape index (κ1) is 27.7. The zero-order chi connectivity index (χ0) is 24.7. The van der Waals surface area contributed by atoms with Crippen molar-refractivity contribution in [1.29, 1.82) is 0 Å². The molecule has 0 radical (unpaired) electrons. The first-order valence-corrected chi connectivity index (χ1v) is 13.2. The molecular weight excluding hydrogens is 498 g/mol. The molecule has 0 saturated carbocycles. The molecule has 0 fully saturated rings. The monoisotopic (exact) mass is 519 g/mol. The van der Waals surface area contributed by atoms with Gasteiger partial charge in [-0.25, -0.2) is 28.1 Å². The van der Waals surface area contributed by atoms with Crippen LogP contribution in [0.15, 0.2) is 38.4 Å². The minimum absolute atomic E-state index is 0.447. The fourth-order valence-electron chi connectivity index (χ4n) is 2.12. The van der Waals surface area contributed by atoms with Crippen LogP contribution in [0.2, 0.25) is 0 Å². The van der Waals surface area contributed by atoms with Gasteiger partial charge in [0.2, 0.25) is 0 Å². The molecule has 0 amide bonds. The van der Waals surface area contributed by atoms with E-state index in [2.05, 4.69) is 25.7 Å². The molecular formula is C14H21N3O12S3. The molecule has 182 valence electrons. The second kappa shape index (κ2) is 11.0. The Morgan fingerprint density at radius 1 is 0.656 bits per heavy atom. The molecule has 1 aromatic rings. The summed E-state index contributed by atoms with van der Waals surface area (Å²) in [6.07, 6.45) is 0.740. The van der Waals surface area contributed by atoms with Gasteiger partial charge >= 0.3 is 17.1 Å². The van der Waals surface area contributed by atoms with Crippen molar-refractivity contribution < 1.29 is 37.8 Å². The summed E-state index contributed by atoms with van der Waals surface area (Å²) >= 11 is 0. The Labute approximate surface area is 183 Å². The average molecular weight is 520 g/mol. The van der Waals surface area contributed by atoms with E-state index in [1.54, 1.807) is 0 Å². The third-order valence-corrected chi connectivity index (χ3v) is 5.93. The highest BCUT2D eigenvalue weighted by Gasteiger charge is 2.17. The van der Waals surface area contributed by atoms with Crippen molar-refractivity contribution in [3.8, 4) is 0 Å². The van der Waals surface area contributed by atoms with Crippen molar-refractivity contribution in [1.82, 2.24) is 13.7 Å². The number of nitrogens with zero attached hydrogens (tertiary/aromatic N) is 3. The van der Waals surface area contributed by atoms with Gasteiger partial charge in [0.15, 0.2) is 0 Å². The summed E-state index contributed by atoms with van der Waals surface area (Å²) in [6, 6.07) is 0. The SMILES string of the molecule is C=CS(=O)(=O)OCCn1c(=O)n(CCOS(C)(=O)=O)c(=O)n(CCOS(=O)(=O)C=C)c1=O. The van der Waals surface area contributed by atoms with Gasteiger partial charge in [0.25, 0.3) is 30.4 Å². The summed E-state index contributed by atoms with van der Waals surface area (Å²) in [5.74, 6) is 0. The Kier molecular flexibility index (Phi) is 9.48. The molecule has 1 aromatic heterocycles. The van der Waals surface area contributed by atoms with Crippen LogP contribution in [0.3, 0.4) is 0 Å². The first-order valence-electron chi connectivity index (χ1n) is 8.46. The molecule has 0 aliphatic carbocycles. The van der Waals surface area contributed by atoms with E-state index in [0.29, 0.717) is 24.5 Å². The summed E-state index contributed by atoms with van der Waals surface area (Å²) < 4.78 is 82.3. The second-order valence-electron chi connectivity index (χ2n) is 5.79. The molecule has 18 heteroatoms. The molecule has 0 aliphatic rings. The Hall–Kier alpha value is -2.38. The topological polar surface area (TPSA) is 196 Å². The lowest BCUT2D eigenvalue weighted by atomic mass is 10.6. The van der Waals surface area contributed by atoms with Gasteiger partial charge < -0.3 is 0 Å². The van der Waals surface area contributed by atoms with E-state index in [9.17, 15) is 39.6 Å². The van der Waals surface area contributed by atoms with Crippen molar-refractivity contribution in [2.45, 2.75) is 19.6 Å². The van der Waals surface area contributed by atoms with Crippen molar-refractivity contribution >= 4 is 30.4 Å². The summed E-state index contributed by atoms with van der Waals surface area (Å²) in [4.78, 5) is 37.7. The van der Waals surface area contributed by atoms with Crippen LogP contribution in [0.1, 0.15) is 0 Å². The van der Waals surface area contributed by atoms with Gasteiger partial charge in [-0.05, 0) is 0 Å². The molecule has 32 heavy (non-hydrogen) atoms. The molecule has 0 saturated heterocycles. The summed E-state index contributed by atoms with van der Waals surface area (Å²) in [7, 11) is -12.1. The minimum Gasteiger partial charge on any atom is -0.268 e. The van der Waals surface area contributed by atoms with Crippen LogP contribution >= 0.6 is 0 Å². The van der Waals surface area contributed by atoms with Crippen LogP contribution in [0.4, 0.5) is 0 Å². The maximum Gasteiger partial charge on any atom is 0.336 e. The van der Waals surface area contributed by atoms with E-state index in [-0.39, 0.29) is 0 Å². The molecule has 0 bridgehead atoms. The Balaban J connectivity index is 3.36. The van der Waals surface area contributed by atoms with Crippen LogP contribution in [0, 0.1) is 0 Å². The van der Waals surface area contributed by atoms with Gasteiger partial charge in [0.1, 0.15) is 0 Å². The van der Waals surface area contributed by atoms with Gasteiger partial charge in [-0.2, -0.15) is 25.3 Å². The molecule has 0 spiro atoms. The lowest BCUT2D eigenvalue weighted by Crippen LogP contribution is -2.55. The van der Waals surface area contributed by atoms with Crippen LogP contribution in [0.5, 0.6) is 0 Å². The van der Waals surface area contributed by atoms with Crippen molar-refractivity contribution in [3.63, 3.8) is 0 Å². The highest BCUT2D eigenvalue weighted by atomic mass is 32.2. The van der Waals surface area contributed by atoms with Crippen LogP contribution < -0.4 is 17.1 Å². The zero-order valence-electron chi connectivity index (χ0n) is 16.8. The van der Waals surface area contributed by atoms with Crippen LogP contribution in [-0.2, 0) is 62.5 Å². The lowest BCUT2D eigenvalue weighted by Gasteiger charge is -2.14. The predicted molar refractivity (Wildman–Crippen MR) is 110 cm³/mol. The molecule has 1 rings (SSSR count). The fourth-order valence-corrected chi connectivity index (χ4v) is 3.31. The number of rotatable bonds is 14. The maximum absolute atomic E-state index is 12.6. The molecule has 0 aromatic carbocycles. The Bertz CT molecular complexity index is 1270. The number of hydrogen-bond donors (Lipinski definition) is 0. The molecule has 1 heterocycles. The highest BCUT2D eigenvalue weighted by molar-refractivity contribution is 7.89. The summed E-state index contributed by atoms with van der Waals surface area (Å²) in [5, 5.41) is 0.990.